The van der Waals surface area contributed by atoms with E-state index in [1.807, 2.05) is 0 Å². The molecule has 21 heavy (non-hydrogen) atoms. The van der Waals surface area contributed by atoms with E-state index < -0.39 is 10.1 Å². The Morgan fingerprint density at radius 1 is 1.10 bits per heavy atom. The molecule has 2 rings (SSSR count). The van der Waals surface area contributed by atoms with Gasteiger partial charge in [0, 0.05) is 5.02 Å². The number of benzene rings is 2. The zero-order valence-electron chi connectivity index (χ0n) is 11.6. The van der Waals surface area contributed by atoms with Crippen LogP contribution >= 0.6 is 11.6 Å². The number of halogens is 1. The summed E-state index contributed by atoms with van der Waals surface area (Å²) in [5.41, 5.74) is 2.01. The van der Waals surface area contributed by atoms with E-state index in [0.717, 1.165) is 0 Å². The Morgan fingerprint density at radius 2 is 1.62 bits per heavy atom. The smallest absolute Gasteiger partial charge is 0.339 e. The highest BCUT2D eigenvalue weighted by Gasteiger charge is 2.19. The molecule has 6 heteroatoms. The van der Waals surface area contributed by atoms with E-state index in [0.29, 0.717) is 21.7 Å². The van der Waals surface area contributed by atoms with Crippen LogP contribution in [-0.2, 0) is 16.7 Å². The molecule has 4 nitrogen and oxygen atoms in total. The minimum absolute atomic E-state index is 0.0388. The van der Waals surface area contributed by atoms with Crippen molar-refractivity contribution in [2.45, 2.75) is 25.3 Å². The molecule has 0 aliphatic heterocycles. The fourth-order valence-electron chi connectivity index (χ4n) is 2.02. The number of aliphatic hydroxyl groups is 1. The van der Waals surface area contributed by atoms with Crippen LogP contribution in [0.15, 0.2) is 41.3 Å². The first kappa shape index (κ1) is 15.8. The van der Waals surface area contributed by atoms with Crippen LogP contribution in [0.5, 0.6) is 5.75 Å². The highest BCUT2D eigenvalue weighted by atomic mass is 35.5. The minimum atomic E-state index is -3.92. The van der Waals surface area contributed by atoms with Gasteiger partial charge >= 0.3 is 10.1 Å². The molecule has 2 aromatic carbocycles. The van der Waals surface area contributed by atoms with Crippen molar-refractivity contribution in [3.05, 3.63) is 58.1 Å². The van der Waals surface area contributed by atoms with Crippen LogP contribution < -0.4 is 4.18 Å². The fourth-order valence-corrected chi connectivity index (χ4v) is 3.20. The van der Waals surface area contributed by atoms with Crippen molar-refractivity contribution < 1.29 is 17.7 Å². The van der Waals surface area contributed by atoms with Gasteiger partial charge in [-0.25, -0.2) is 0 Å². The third-order valence-electron chi connectivity index (χ3n) is 3.00. The zero-order valence-corrected chi connectivity index (χ0v) is 13.2. The van der Waals surface area contributed by atoms with Crippen molar-refractivity contribution in [2.75, 3.05) is 0 Å². The third kappa shape index (κ3) is 3.56. The van der Waals surface area contributed by atoms with Crippen molar-refractivity contribution in [1.82, 2.24) is 0 Å². The minimum Gasteiger partial charge on any atom is -0.392 e. The van der Waals surface area contributed by atoms with E-state index in [1.165, 1.54) is 24.3 Å². The summed E-state index contributed by atoms with van der Waals surface area (Å²) >= 11 is 5.75. The fraction of sp³-hybridized carbons (Fsp3) is 0.200. The molecule has 0 saturated carbocycles. The molecule has 0 amide bonds. The maximum Gasteiger partial charge on any atom is 0.339 e. The number of hydrogen-bond donors (Lipinski definition) is 1. The lowest BCUT2D eigenvalue weighted by Crippen LogP contribution is -2.11. The molecule has 2 aromatic rings. The van der Waals surface area contributed by atoms with Crippen LogP contribution in [-0.4, -0.2) is 13.5 Å². The van der Waals surface area contributed by atoms with E-state index in [-0.39, 0.29) is 17.3 Å². The second-order valence-electron chi connectivity index (χ2n) is 4.71. The van der Waals surface area contributed by atoms with Gasteiger partial charge in [-0.05, 0) is 54.8 Å². The van der Waals surface area contributed by atoms with Crippen molar-refractivity contribution in [3.63, 3.8) is 0 Å². The van der Waals surface area contributed by atoms with Crippen LogP contribution in [0.4, 0.5) is 0 Å². The second-order valence-corrected chi connectivity index (χ2v) is 6.69. The van der Waals surface area contributed by atoms with Crippen LogP contribution in [0.2, 0.25) is 5.02 Å². The van der Waals surface area contributed by atoms with Gasteiger partial charge < -0.3 is 9.29 Å². The molecule has 0 aliphatic carbocycles. The quantitative estimate of drug-likeness (QED) is 0.876. The number of aryl methyl sites for hydroxylation is 2. The van der Waals surface area contributed by atoms with E-state index >= 15 is 0 Å². The number of hydrogen-bond acceptors (Lipinski definition) is 4. The van der Waals surface area contributed by atoms with Gasteiger partial charge in [-0.2, -0.15) is 8.42 Å². The molecular formula is C15H15ClO4S. The topological polar surface area (TPSA) is 63.6 Å². The Hall–Kier alpha value is -1.56. The average Bonchev–Trinajstić information content (AvgIpc) is 2.43. The molecule has 0 fully saturated rings. The van der Waals surface area contributed by atoms with Crippen LogP contribution in [0.1, 0.15) is 16.7 Å². The van der Waals surface area contributed by atoms with Crippen molar-refractivity contribution in [3.8, 4) is 5.75 Å². The molecule has 0 unspecified atom stereocenters. The van der Waals surface area contributed by atoms with Gasteiger partial charge in [-0.15, -0.1) is 0 Å². The Morgan fingerprint density at radius 3 is 2.10 bits per heavy atom. The van der Waals surface area contributed by atoms with Crippen LogP contribution in [0.3, 0.4) is 0 Å². The summed E-state index contributed by atoms with van der Waals surface area (Å²) in [7, 11) is -3.92. The lowest BCUT2D eigenvalue weighted by molar-refractivity contribution is 0.281. The number of aliphatic hydroxyl groups excluding tert-OH is 1. The molecule has 1 N–H and O–H groups in total. The standard InChI is InChI=1S/C15H15ClO4S/c1-10-7-12(9-17)8-11(2)15(10)20-21(18,19)14-5-3-13(16)4-6-14/h3-8,17H,9H2,1-2H3. The first-order chi connectivity index (χ1) is 9.83. The molecule has 112 valence electrons. The summed E-state index contributed by atoms with van der Waals surface area (Å²) in [4.78, 5) is 0.0388. The Labute approximate surface area is 129 Å². The molecule has 0 atom stereocenters. The first-order valence-corrected chi connectivity index (χ1v) is 8.03. The van der Waals surface area contributed by atoms with Gasteiger partial charge in [0.1, 0.15) is 10.6 Å². The van der Waals surface area contributed by atoms with Gasteiger partial charge in [0.2, 0.25) is 0 Å². The Kier molecular flexibility index (Phi) is 4.56. The predicted molar refractivity (Wildman–Crippen MR) is 81.1 cm³/mol. The van der Waals surface area contributed by atoms with Crippen molar-refractivity contribution in [1.29, 1.82) is 0 Å². The van der Waals surface area contributed by atoms with E-state index in [9.17, 15) is 8.42 Å². The van der Waals surface area contributed by atoms with Crippen LogP contribution in [0.25, 0.3) is 0 Å². The lowest BCUT2D eigenvalue weighted by Gasteiger charge is -2.13. The zero-order chi connectivity index (χ0) is 15.6. The molecule has 0 heterocycles. The summed E-state index contributed by atoms with van der Waals surface area (Å²) in [6.07, 6.45) is 0. The van der Waals surface area contributed by atoms with Crippen LogP contribution in [0, 0.1) is 13.8 Å². The van der Waals surface area contributed by atoms with Gasteiger partial charge in [0.15, 0.2) is 0 Å². The summed E-state index contributed by atoms with van der Waals surface area (Å²) < 4.78 is 29.8. The maximum atomic E-state index is 12.3. The maximum absolute atomic E-state index is 12.3. The number of rotatable bonds is 4. The highest BCUT2D eigenvalue weighted by Crippen LogP contribution is 2.28. The summed E-state index contributed by atoms with van der Waals surface area (Å²) in [5.74, 6) is 0.280. The monoisotopic (exact) mass is 326 g/mol. The van der Waals surface area contributed by atoms with E-state index in [1.54, 1.807) is 26.0 Å². The average molecular weight is 327 g/mol. The van der Waals surface area contributed by atoms with Gasteiger partial charge in [0.25, 0.3) is 0 Å². The summed E-state index contributed by atoms with van der Waals surface area (Å²) in [5, 5.41) is 9.59. The van der Waals surface area contributed by atoms with Crippen molar-refractivity contribution >= 4 is 21.7 Å². The largest absolute Gasteiger partial charge is 0.392 e. The second kappa shape index (κ2) is 6.05. The molecule has 0 radical (unpaired) electrons. The predicted octanol–water partition coefficient (Wildman–Crippen LogP) is 3.22. The van der Waals surface area contributed by atoms with Crippen molar-refractivity contribution in [2.24, 2.45) is 0 Å². The highest BCUT2D eigenvalue weighted by molar-refractivity contribution is 7.87. The normalized spacial score (nSPS) is 11.4. The Balaban J connectivity index is 2.39. The summed E-state index contributed by atoms with van der Waals surface area (Å²) in [6, 6.07) is 9.16. The molecular weight excluding hydrogens is 312 g/mol. The lowest BCUT2D eigenvalue weighted by atomic mass is 10.1. The molecule has 0 aromatic heterocycles. The molecule has 0 spiro atoms. The SMILES string of the molecule is Cc1cc(CO)cc(C)c1OS(=O)(=O)c1ccc(Cl)cc1. The van der Waals surface area contributed by atoms with Gasteiger partial charge in [-0.1, -0.05) is 23.7 Å². The van der Waals surface area contributed by atoms with Gasteiger partial charge in [-0.3, -0.25) is 0 Å². The van der Waals surface area contributed by atoms with Gasteiger partial charge in [0.05, 0.1) is 6.61 Å². The first-order valence-electron chi connectivity index (χ1n) is 6.24. The summed E-state index contributed by atoms with van der Waals surface area (Å²) in [6.45, 7) is 3.36. The molecule has 0 bridgehead atoms. The van der Waals surface area contributed by atoms with E-state index in [4.69, 9.17) is 20.9 Å². The molecule has 0 saturated heterocycles. The Bertz CT molecular complexity index is 729. The third-order valence-corrected chi connectivity index (χ3v) is 4.49. The van der Waals surface area contributed by atoms with E-state index in [2.05, 4.69) is 0 Å². The molecule has 0 aliphatic rings.